The molecule has 80 valence electrons. The Morgan fingerprint density at radius 2 is 2.43 bits per heavy atom. The van der Waals surface area contributed by atoms with Crippen molar-refractivity contribution in [3.8, 4) is 0 Å². The summed E-state index contributed by atoms with van der Waals surface area (Å²) >= 11 is 0. The Morgan fingerprint density at radius 3 is 3.00 bits per heavy atom. The molecule has 1 saturated heterocycles. The first-order valence-electron chi connectivity index (χ1n) is 5.30. The van der Waals surface area contributed by atoms with Crippen LogP contribution in [0.25, 0.3) is 0 Å². The highest BCUT2D eigenvalue weighted by Crippen LogP contribution is 2.44. The number of carbonyl (C=O) groups excluding carboxylic acids is 1. The second-order valence-electron chi connectivity index (χ2n) is 4.50. The van der Waals surface area contributed by atoms with Gasteiger partial charge in [0.1, 0.15) is 0 Å². The van der Waals surface area contributed by atoms with Crippen LogP contribution in [0.5, 0.6) is 0 Å². The maximum absolute atomic E-state index is 11.6. The zero-order chi connectivity index (χ0) is 10.0. The van der Waals surface area contributed by atoms with Crippen molar-refractivity contribution in [2.24, 2.45) is 5.41 Å². The van der Waals surface area contributed by atoms with E-state index in [9.17, 15) is 4.79 Å². The van der Waals surface area contributed by atoms with Gasteiger partial charge in [-0.15, -0.1) is 0 Å². The lowest BCUT2D eigenvalue weighted by Gasteiger charge is -2.24. The average molecular weight is 198 g/mol. The monoisotopic (exact) mass is 198 g/mol. The summed E-state index contributed by atoms with van der Waals surface area (Å²) in [6.07, 6.45) is 2.07. The van der Waals surface area contributed by atoms with E-state index in [1.165, 1.54) is 0 Å². The summed E-state index contributed by atoms with van der Waals surface area (Å²) in [6.45, 7) is 5.08. The van der Waals surface area contributed by atoms with E-state index in [0.29, 0.717) is 13.2 Å². The van der Waals surface area contributed by atoms with Gasteiger partial charge in [-0.3, -0.25) is 4.79 Å². The lowest BCUT2D eigenvalue weighted by Crippen LogP contribution is -2.49. The van der Waals surface area contributed by atoms with Gasteiger partial charge in [-0.25, -0.2) is 0 Å². The molecule has 0 bridgehead atoms. The molecule has 0 aromatic carbocycles. The van der Waals surface area contributed by atoms with Crippen molar-refractivity contribution in [3.05, 3.63) is 0 Å². The Balaban J connectivity index is 1.68. The van der Waals surface area contributed by atoms with Gasteiger partial charge >= 0.3 is 0 Å². The first kappa shape index (κ1) is 9.93. The van der Waals surface area contributed by atoms with Gasteiger partial charge in [0, 0.05) is 24.5 Å². The fraction of sp³-hybridized carbons (Fsp3) is 0.900. The highest BCUT2D eigenvalue weighted by molar-refractivity contribution is 5.84. The Hall–Kier alpha value is -0.610. The number of hydrogen-bond donors (Lipinski definition) is 2. The maximum atomic E-state index is 11.6. The predicted molar refractivity (Wildman–Crippen MR) is 53.0 cm³/mol. The number of nitrogens with one attached hydrogen (secondary N) is 2. The average Bonchev–Trinajstić information content (AvgIpc) is 2.96. The zero-order valence-corrected chi connectivity index (χ0v) is 8.64. The van der Waals surface area contributed by atoms with E-state index in [1.807, 2.05) is 6.92 Å². The van der Waals surface area contributed by atoms with Crippen LogP contribution in [-0.2, 0) is 9.53 Å². The van der Waals surface area contributed by atoms with Gasteiger partial charge in [0.05, 0.1) is 13.2 Å². The highest BCUT2D eigenvalue weighted by atomic mass is 16.5. The van der Waals surface area contributed by atoms with Crippen molar-refractivity contribution < 1.29 is 9.53 Å². The smallest absolute Gasteiger partial charge is 0.225 e. The van der Waals surface area contributed by atoms with Gasteiger partial charge in [-0.05, 0) is 12.8 Å². The molecule has 2 rings (SSSR count). The molecule has 1 aliphatic carbocycles. The molecule has 0 radical (unpaired) electrons. The van der Waals surface area contributed by atoms with Crippen LogP contribution in [0.1, 0.15) is 19.8 Å². The van der Waals surface area contributed by atoms with Gasteiger partial charge < -0.3 is 15.4 Å². The summed E-state index contributed by atoms with van der Waals surface area (Å²) in [5.41, 5.74) is -0.0600. The minimum atomic E-state index is -0.0600. The van der Waals surface area contributed by atoms with E-state index in [4.69, 9.17) is 4.74 Å². The van der Waals surface area contributed by atoms with E-state index in [0.717, 1.165) is 26.0 Å². The number of ether oxygens (including phenoxy) is 1. The molecule has 1 aliphatic heterocycles. The Labute approximate surface area is 84.4 Å². The molecule has 0 spiro atoms. The van der Waals surface area contributed by atoms with Crippen LogP contribution >= 0.6 is 0 Å². The fourth-order valence-electron chi connectivity index (χ4n) is 1.59. The molecular formula is C10H18N2O2. The van der Waals surface area contributed by atoms with Crippen molar-refractivity contribution in [1.29, 1.82) is 0 Å². The third kappa shape index (κ3) is 2.25. The van der Waals surface area contributed by atoms with Crippen molar-refractivity contribution >= 4 is 5.91 Å². The van der Waals surface area contributed by atoms with Gasteiger partial charge in [-0.2, -0.15) is 0 Å². The third-order valence-electron chi connectivity index (χ3n) is 3.06. The van der Waals surface area contributed by atoms with Crippen LogP contribution in [0.2, 0.25) is 0 Å². The molecule has 2 fully saturated rings. The van der Waals surface area contributed by atoms with Crippen molar-refractivity contribution in [2.75, 3.05) is 26.3 Å². The Kier molecular flexibility index (Phi) is 2.74. The Morgan fingerprint density at radius 1 is 1.64 bits per heavy atom. The number of amides is 1. The molecular weight excluding hydrogens is 180 g/mol. The summed E-state index contributed by atoms with van der Waals surface area (Å²) in [4.78, 5) is 11.6. The Bertz CT molecular complexity index is 220. The highest BCUT2D eigenvalue weighted by Gasteiger charge is 2.44. The molecule has 1 saturated carbocycles. The molecule has 4 heteroatoms. The molecule has 1 heterocycles. The minimum absolute atomic E-state index is 0.0600. The largest absolute Gasteiger partial charge is 0.378 e. The van der Waals surface area contributed by atoms with Gasteiger partial charge in [0.15, 0.2) is 0 Å². The standard InChI is InChI=1S/C10H18N2O2/c1-10(2-3-10)9(13)12-6-8-7-14-5-4-11-8/h8,11H,2-7H2,1H3,(H,12,13). The third-order valence-corrected chi connectivity index (χ3v) is 3.06. The van der Waals surface area contributed by atoms with E-state index in [2.05, 4.69) is 10.6 Å². The number of carbonyl (C=O) groups is 1. The molecule has 1 unspecified atom stereocenters. The second kappa shape index (κ2) is 3.87. The second-order valence-corrected chi connectivity index (χ2v) is 4.50. The molecule has 2 aliphatic rings. The van der Waals surface area contributed by atoms with Crippen molar-refractivity contribution in [2.45, 2.75) is 25.8 Å². The molecule has 0 aromatic rings. The van der Waals surface area contributed by atoms with Gasteiger partial charge in [0.2, 0.25) is 5.91 Å². The van der Waals surface area contributed by atoms with Crippen molar-refractivity contribution in [3.63, 3.8) is 0 Å². The van der Waals surface area contributed by atoms with Crippen LogP contribution in [0, 0.1) is 5.41 Å². The fourth-order valence-corrected chi connectivity index (χ4v) is 1.59. The number of morpholine rings is 1. The van der Waals surface area contributed by atoms with Crippen LogP contribution in [0.15, 0.2) is 0 Å². The molecule has 14 heavy (non-hydrogen) atoms. The number of rotatable bonds is 3. The van der Waals surface area contributed by atoms with Crippen molar-refractivity contribution in [1.82, 2.24) is 10.6 Å². The van der Waals surface area contributed by atoms with Crippen LogP contribution in [0.3, 0.4) is 0 Å². The van der Waals surface area contributed by atoms with Crippen LogP contribution < -0.4 is 10.6 Å². The SMILES string of the molecule is CC1(C(=O)NCC2COCCN2)CC1. The normalized spacial score (nSPS) is 29.6. The molecule has 1 atom stereocenters. The molecule has 0 aromatic heterocycles. The summed E-state index contributed by atoms with van der Waals surface area (Å²) in [5.74, 6) is 0.199. The summed E-state index contributed by atoms with van der Waals surface area (Å²) in [5, 5.41) is 6.28. The predicted octanol–water partition coefficient (Wildman–Crippen LogP) is -0.109. The molecule has 2 N–H and O–H groups in total. The topological polar surface area (TPSA) is 50.4 Å². The number of hydrogen-bond acceptors (Lipinski definition) is 3. The summed E-state index contributed by atoms with van der Waals surface area (Å²) in [7, 11) is 0. The van der Waals surface area contributed by atoms with E-state index < -0.39 is 0 Å². The zero-order valence-electron chi connectivity index (χ0n) is 8.64. The lowest BCUT2D eigenvalue weighted by molar-refractivity contribution is -0.125. The van der Waals surface area contributed by atoms with E-state index >= 15 is 0 Å². The first-order valence-corrected chi connectivity index (χ1v) is 5.30. The first-order chi connectivity index (χ1) is 6.71. The van der Waals surface area contributed by atoms with Crippen LogP contribution in [0.4, 0.5) is 0 Å². The van der Waals surface area contributed by atoms with E-state index in [-0.39, 0.29) is 17.4 Å². The minimum Gasteiger partial charge on any atom is -0.378 e. The summed E-state index contributed by atoms with van der Waals surface area (Å²) in [6, 6.07) is 0.287. The summed E-state index contributed by atoms with van der Waals surface area (Å²) < 4.78 is 5.30. The quantitative estimate of drug-likeness (QED) is 0.665. The molecule has 4 nitrogen and oxygen atoms in total. The van der Waals surface area contributed by atoms with Gasteiger partial charge in [-0.1, -0.05) is 6.92 Å². The molecule has 1 amide bonds. The lowest BCUT2D eigenvalue weighted by atomic mass is 10.1. The van der Waals surface area contributed by atoms with Crippen LogP contribution in [-0.4, -0.2) is 38.3 Å². The maximum Gasteiger partial charge on any atom is 0.225 e. The van der Waals surface area contributed by atoms with E-state index in [1.54, 1.807) is 0 Å². The van der Waals surface area contributed by atoms with Gasteiger partial charge in [0.25, 0.3) is 0 Å².